The summed E-state index contributed by atoms with van der Waals surface area (Å²) in [5.41, 5.74) is 5.38. The van der Waals surface area contributed by atoms with E-state index in [4.69, 9.17) is 25.9 Å². The van der Waals surface area contributed by atoms with Gasteiger partial charge in [0.15, 0.2) is 0 Å². The van der Waals surface area contributed by atoms with E-state index in [1.165, 1.54) is 11.1 Å². The molecule has 4 nitrogen and oxygen atoms in total. The van der Waals surface area contributed by atoms with Crippen LogP contribution in [-0.2, 0) is 37.1 Å². The molecule has 0 bridgehead atoms. The van der Waals surface area contributed by atoms with Gasteiger partial charge in [0.1, 0.15) is 23.7 Å². The van der Waals surface area contributed by atoms with Crippen LogP contribution in [0.1, 0.15) is 47.8 Å². The summed E-state index contributed by atoms with van der Waals surface area (Å²) in [4.78, 5) is 10.9. The second-order valence-corrected chi connectivity index (χ2v) is 7.70. The van der Waals surface area contributed by atoms with Gasteiger partial charge in [0.05, 0.1) is 0 Å². The summed E-state index contributed by atoms with van der Waals surface area (Å²) in [5, 5.41) is 10.6. The zero-order chi connectivity index (χ0) is 19.7. The molecule has 4 rings (SSSR count). The summed E-state index contributed by atoms with van der Waals surface area (Å²) in [6.45, 7) is 2.44. The number of halogens is 1. The van der Waals surface area contributed by atoms with Crippen molar-refractivity contribution in [1.82, 2.24) is 0 Å². The lowest BCUT2D eigenvalue weighted by atomic mass is 9.99. The van der Waals surface area contributed by atoms with Gasteiger partial charge < -0.3 is 14.3 Å². The molecule has 0 unspecified atom stereocenters. The first-order chi connectivity index (χ1) is 13.5. The summed E-state index contributed by atoms with van der Waals surface area (Å²) in [6, 6.07) is 9.83. The standard InChI is InChI=1S/C23H23ClO4/c1-2-18-12-15-10-17(24)11-16(23(15)28-18)13-27-21-8-6-14(7-9-22(25)26)19-4-3-5-20(19)21/h6,8,10-12H,2-5,7,9,13H2,1H3,(H,25,26). The van der Waals surface area contributed by atoms with Crippen molar-refractivity contribution >= 4 is 28.5 Å². The maximum absolute atomic E-state index is 10.9. The SMILES string of the molecule is CCc1cc2cc(Cl)cc(COc3ccc(CCC(=O)O)c4c3CCC4)c2o1. The largest absolute Gasteiger partial charge is 0.488 e. The molecule has 5 heteroatoms. The Balaban J connectivity index is 1.59. The molecule has 1 aromatic heterocycles. The van der Waals surface area contributed by atoms with Crippen LogP contribution in [0.25, 0.3) is 11.0 Å². The average Bonchev–Trinajstić information content (AvgIpc) is 3.31. The highest BCUT2D eigenvalue weighted by molar-refractivity contribution is 6.31. The molecular weight excluding hydrogens is 376 g/mol. The number of furan rings is 1. The molecule has 1 aliphatic carbocycles. The fourth-order valence-electron chi connectivity index (χ4n) is 4.03. The van der Waals surface area contributed by atoms with Crippen LogP contribution in [0, 0.1) is 0 Å². The molecule has 0 spiro atoms. The predicted octanol–water partition coefficient (Wildman–Crippen LogP) is 5.73. The molecule has 0 radical (unpaired) electrons. The monoisotopic (exact) mass is 398 g/mol. The molecule has 0 saturated heterocycles. The van der Waals surface area contributed by atoms with Gasteiger partial charge in [-0.05, 0) is 66.6 Å². The molecule has 0 fully saturated rings. The van der Waals surface area contributed by atoms with Crippen molar-refractivity contribution in [3.8, 4) is 5.75 Å². The number of hydrogen-bond acceptors (Lipinski definition) is 3. The Morgan fingerprint density at radius 1 is 1.18 bits per heavy atom. The van der Waals surface area contributed by atoms with E-state index in [0.717, 1.165) is 59.3 Å². The minimum Gasteiger partial charge on any atom is -0.488 e. The van der Waals surface area contributed by atoms with Crippen molar-refractivity contribution in [1.29, 1.82) is 0 Å². The molecule has 2 aromatic carbocycles. The molecule has 0 saturated carbocycles. The highest BCUT2D eigenvalue weighted by Crippen LogP contribution is 2.35. The summed E-state index contributed by atoms with van der Waals surface area (Å²) in [6.07, 6.45) is 4.59. The van der Waals surface area contributed by atoms with Gasteiger partial charge in [-0.2, -0.15) is 0 Å². The lowest BCUT2D eigenvalue weighted by molar-refractivity contribution is -0.136. The molecule has 1 N–H and O–H groups in total. The number of fused-ring (bicyclic) bond motifs is 2. The Morgan fingerprint density at radius 2 is 2.00 bits per heavy atom. The van der Waals surface area contributed by atoms with Crippen LogP contribution >= 0.6 is 11.6 Å². The summed E-state index contributed by atoms with van der Waals surface area (Å²) in [5.74, 6) is 1.05. The van der Waals surface area contributed by atoms with Gasteiger partial charge in [-0.15, -0.1) is 0 Å². The summed E-state index contributed by atoms with van der Waals surface area (Å²) < 4.78 is 12.2. The molecule has 0 aliphatic heterocycles. The van der Waals surface area contributed by atoms with E-state index in [1.54, 1.807) is 0 Å². The molecule has 146 valence electrons. The van der Waals surface area contributed by atoms with Crippen LogP contribution in [0.2, 0.25) is 5.02 Å². The second kappa shape index (κ2) is 7.88. The first-order valence-corrected chi connectivity index (χ1v) is 10.1. The molecule has 1 aliphatic rings. The molecule has 0 amide bonds. The highest BCUT2D eigenvalue weighted by atomic mass is 35.5. The molecular formula is C23H23ClO4. The van der Waals surface area contributed by atoms with Gasteiger partial charge in [0.2, 0.25) is 0 Å². The van der Waals surface area contributed by atoms with Crippen LogP contribution in [0.5, 0.6) is 5.75 Å². The first-order valence-electron chi connectivity index (χ1n) is 9.74. The van der Waals surface area contributed by atoms with Gasteiger partial charge in [0, 0.05) is 28.8 Å². The number of hydrogen-bond donors (Lipinski definition) is 1. The van der Waals surface area contributed by atoms with E-state index in [9.17, 15) is 4.79 Å². The van der Waals surface area contributed by atoms with Crippen molar-refractivity contribution in [3.63, 3.8) is 0 Å². The van der Waals surface area contributed by atoms with Crippen LogP contribution in [-0.4, -0.2) is 11.1 Å². The maximum Gasteiger partial charge on any atom is 0.303 e. The van der Waals surface area contributed by atoms with Gasteiger partial charge in [0.25, 0.3) is 0 Å². The van der Waals surface area contributed by atoms with E-state index in [1.807, 2.05) is 30.3 Å². The van der Waals surface area contributed by atoms with Gasteiger partial charge in [-0.25, -0.2) is 0 Å². The zero-order valence-electron chi connectivity index (χ0n) is 15.9. The topological polar surface area (TPSA) is 59.7 Å². The quantitative estimate of drug-likeness (QED) is 0.551. The number of ether oxygens (including phenoxy) is 1. The third kappa shape index (κ3) is 3.74. The summed E-state index contributed by atoms with van der Waals surface area (Å²) in [7, 11) is 0. The third-order valence-corrected chi connectivity index (χ3v) is 5.61. The van der Waals surface area contributed by atoms with Crippen LogP contribution in [0.15, 0.2) is 34.7 Å². The predicted molar refractivity (Wildman–Crippen MR) is 109 cm³/mol. The number of benzene rings is 2. The molecule has 0 atom stereocenters. The average molecular weight is 399 g/mol. The van der Waals surface area contributed by atoms with Gasteiger partial charge >= 0.3 is 5.97 Å². The Kier molecular flexibility index (Phi) is 5.31. The van der Waals surface area contributed by atoms with Gasteiger partial charge in [-0.1, -0.05) is 24.6 Å². The van der Waals surface area contributed by atoms with Crippen molar-refractivity contribution in [3.05, 3.63) is 63.4 Å². The summed E-state index contributed by atoms with van der Waals surface area (Å²) >= 11 is 6.29. The fourth-order valence-corrected chi connectivity index (χ4v) is 4.28. The number of carbonyl (C=O) groups is 1. The van der Waals surface area contributed by atoms with Gasteiger partial charge in [-0.3, -0.25) is 4.79 Å². The Hall–Kier alpha value is -2.46. The van der Waals surface area contributed by atoms with E-state index < -0.39 is 5.97 Å². The van der Waals surface area contributed by atoms with Crippen LogP contribution in [0.3, 0.4) is 0 Å². The Morgan fingerprint density at radius 3 is 2.79 bits per heavy atom. The normalized spacial score (nSPS) is 13.1. The number of aryl methyl sites for hydroxylation is 2. The molecule has 28 heavy (non-hydrogen) atoms. The highest BCUT2D eigenvalue weighted by Gasteiger charge is 2.20. The van der Waals surface area contributed by atoms with Crippen LogP contribution in [0.4, 0.5) is 0 Å². The number of carboxylic acids is 1. The number of rotatable bonds is 7. The molecule has 3 aromatic rings. The molecule has 1 heterocycles. The van der Waals surface area contributed by atoms with E-state index >= 15 is 0 Å². The van der Waals surface area contributed by atoms with Crippen molar-refractivity contribution in [2.24, 2.45) is 0 Å². The van der Waals surface area contributed by atoms with Crippen LogP contribution < -0.4 is 4.74 Å². The van der Waals surface area contributed by atoms with Crippen molar-refractivity contribution in [2.75, 3.05) is 0 Å². The number of aliphatic carboxylic acids is 1. The van der Waals surface area contributed by atoms with E-state index in [0.29, 0.717) is 18.1 Å². The minimum atomic E-state index is -0.762. The first kappa shape index (κ1) is 18.9. The Bertz CT molecular complexity index is 1030. The van der Waals surface area contributed by atoms with Crippen molar-refractivity contribution < 1.29 is 19.1 Å². The maximum atomic E-state index is 10.9. The fraction of sp³-hybridized carbons (Fsp3) is 0.348. The Labute approximate surface area is 169 Å². The van der Waals surface area contributed by atoms with Crippen molar-refractivity contribution in [2.45, 2.75) is 52.1 Å². The third-order valence-electron chi connectivity index (χ3n) is 5.39. The van der Waals surface area contributed by atoms with E-state index in [2.05, 4.69) is 6.92 Å². The second-order valence-electron chi connectivity index (χ2n) is 7.27. The lowest BCUT2D eigenvalue weighted by Gasteiger charge is -2.14. The minimum absolute atomic E-state index is 0.158. The zero-order valence-corrected chi connectivity index (χ0v) is 16.6. The smallest absolute Gasteiger partial charge is 0.303 e. The number of carboxylic acid groups (broad SMARTS) is 1. The van der Waals surface area contributed by atoms with E-state index in [-0.39, 0.29) is 6.42 Å². The lowest BCUT2D eigenvalue weighted by Crippen LogP contribution is -2.03.